The molecule has 2 atom stereocenters. The Kier molecular flexibility index (Phi) is 5.61. The third kappa shape index (κ3) is 4.53. The first-order valence-electron chi connectivity index (χ1n) is 8.40. The number of aromatic nitrogens is 2. The molecular weight excluding hydrogens is 374 g/mol. The predicted molar refractivity (Wildman–Crippen MR) is 97.2 cm³/mol. The molecule has 2 N–H and O–H groups in total. The Morgan fingerprint density at radius 3 is 2.59 bits per heavy atom. The van der Waals surface area contributed by atoms with E-state index in [1.54, 1.807) is 19.1 Å². The highest BCUT2D eigenvalue weighted by Gasteiger charge is 2.27. The minimum Gasteiger partial charge on any atom is -0.349 e. The van der Waals surface area contributed by atoms with Crippen LogP contribution in [0, 0.1) is 13.8 Å². The van der Waals surface area contributed by atoms with Crippen LogP contribution in [-0.4, -0.2) is 43.8 Å². The molecule has 27 heavy (non-hydrogen) atoms. The molecule has 9 nitrogen and oxygen atoms in total. The smallest absolute Gasteiger partial charge is 0.330 e. The average molecular weight is 395 g/mol. The van der Waals surface area contributed by atoms with Crippen LogP contribution in [0.1, 0.15) is 17.4 Å². The van der Waals surface area contributed by atoms with Crippen molar-refractivity contribution in [1.29, 1.82) is 0 Å². The summed E-state index contributed by atoms with van der Waals surface area (Å²) in [5, 5.41) is 3.08. The van der Waals surface area contributed by atoms with Gasteiger partial charge in [-0.15, -0.1) is 0 Å². The number of aromatic amines is 1. The van der Waals surface area contributed by atoms with Crippen molar-refractivity contribution < 1.29 is 17.3 Å². The van der Waals surface area contributed by atoms with Gasteiger partial charge in [0.05, 0.1) is 17.6 Å². The van der Waals surface area contributed by atoms with Gasteiger partial charge < -0.3 is 10.1 Å². The largest absolute Gasteiger partial charge is 0.349 e. The summed E-state index contributed by atoms with van der Waals surface area (Å²) in [6.07, 6.45) is 0.153. The minimum absolute atomic E-state index is 0.0703. The van der Waals surface area contributed by atoms with Crippen LogP contribution in [0.3, 0.4) is 0 Å². The van der Waals surface area contributed by atoms with Crippen LogP contribution in [0.4, 0.5) is 0 Å². The van der Waals surface area contributed by atoms with Crippen molar-refractivity contribution in [3.05, 3.63) is 62.4 Å². The molecule has 2 unspecified atom stereocenters. The summed E-state index contributed by atoms with van der Waals surface area (Å²) < 4.78 is 36.7. The summed E-state index contributed by atoms with van der Waals surface area (Å²) in [7, 11) is -3.90. The van der Waals surface area contributed by atoms with Crippen molar-refractivity contribution >= 4 is 10.1 Å². The average Bonchev–Trinajstić information content (AvgIpc) is 2.64. The fourth-order valence-corrected chi connectivity index (χ4v) is 3.62. The standard InChI is InChI=1S/C17H21N3O6S/c1-11-3-5-14(6-4-11)27(23,24)25-10-13-7-18-8-15(26-13)20-9-12(2)16(21)19-17(20)22/h3-6,9,13,15,18H,7-8,10H2,1-2H3,(H,19,21,22). The Labute approximate surface area is 156 Å². The van der Waals surface area contributed by atoms with Gasteiger partial charge in [0.15, 0.2) is 6.23 Å². The molecule has 3 rings (SSSR count). The summed E-state index contributed by atoms with van der Waals surface area (Å²) in [6, 6.07) is 6.35. The number of rotatable bonds is 5. The molecule has 0 bridgehead atoms. The SMILES string of the molecule is Cc1ccc(S(=O)(=O)OCC2CNCC(n3cc(C)c(=O)[nH]c3=O)O2)cc1. The maximum absolute atomic E-state index is 12.3. The van der Waals surface area contributed by atoms with Crippen molar-refractivity contribution in [2.75, 3.05) is 19.7 Å². The molecule has 0 radical (unpaired) electrons. The monoisotopic (exact) mass is 395 g/mol. The van der Waals surface area contributed by atoms with E-state index < -0.39 is 33.7 Å². The van der Waals surface area contributed by atoms with E-state index in [0.717, 1.165) is 5.56 Å². The molecular formula is C17H21N3O6S. The van der Waals surface area contributed by atoms with Crippen molar-refractivity contribution in [2.24, 2.45) is 0 Å². The van der Waals surface area contributed by atoms with Crippen LogP contribution >= 0.6 is 0 Å². The van der Waals surface area contributed by atoms with Gasteiger partial charge in [-0.3, -0.25) is 18.5 Å². The second-order valence-electron chi connectivity index (χ2n) is 6.40. The molecule has 1 aromatic heterocycles. The van der Waals surface area contributed by atoms with Gasteiger partial charge in [-0.25, -0.2) is 4.79 Å². The van der Waals surface area contributed by atoms with E-state index in [9.17, 15) is 18.0 Å². The molecule has 0 spiro atoms. The Balaban J connectivity index is 1.68. The first-order chi connectivity index (χ1) is 12.8. The summed E-state index contributed by atoms with van der Waals surface area (Å²) in [4.78, 5) is 25.8. The molecule has 0 amide bonds. The van der Waals surface area contributed by atoms with Crippen LogP contribution in [0.2, 0.25) is 0 Å². The van der Waals surface area contributed by atoms with Crippen LogP contribution in [0.5, 0.6) is 0 Å². The number of ether oxygens (including phenoxy) is 1. The third-order valence-corrected chi connectivity index (χ3v) is 5.51. The zero-order valence-corrected chi connectivity index (χ0v) is 15.8. The zero-order valence-electron chi connectivity index (χ0n) is 15.0. The van der Waals surface area contributed by atoms with Crippen LogP contribution in [-0.2, 0) is 19.0 Å². The molecule has 1 saturated heterocycles. The Hall–Kier alpha value is -2.27. The van der Waals surface area contributed by atoms with E-state index in [1.165, 1.54) is 22.9 Å². The second-order valence-corrected chi connectivity index (χ2v) is 8.02. The molecule has 10 heteroatoms. The lowest BCUT2D eigenvalue weighted by atomic mass is 10.2. The molecule has 1 fully saturated rings. The molecule has 0 aliphatic carbocycles. The molecule has 1 aliphatic heterocycles. The first kappa shape index (κ1) is 19.5. The number of benzene rings is 1. The molecule has 1 aromatic carbocycles. The molecule has 0 saturated carbocycles. The number of hydrogen-bond donors (Lipinski definition) is 2. The highest BCUT2D eigenvalue weighted by molar-refractivity contribution is 7.86. The molecule has 2 aromatic rings. The van der Waals surface area contributed by atoms with Crippen molar-refractivity contribution in [2.45, 2.75) is 31.1 Å². The minimum atomic E-state index is -3.90. The van der Waals surface area contributed by atoms with Gasteiger partial charge in [0.25, 0.3) is 15.7 Å². The summed E-state index contributed by atoms with van der Waals surface area (Å²) >= 11 is 0. The van der Waals surface area contributed by atoms with E-state index in [1.807, 2.05) is 6.92 Å². The number of hydrogen-bond acceptors (Lipinski definition) is 7. The maximum Gasteiger partial charge on any atom is 0.330 e. The van der Waals surface area contributed by atoms with Gasteiger partial charge >= 0.3 is 5.69 Å². The number of aryl methyl sites for hydroxylation is 2. The normalized spacial score (nSPS) is 20.5. The molecule has 2 heterocycles. The summed E-state index contributed by atoms with van der Waals surface area (Å²) in [5.74, 6) is 0. The summed E-state index contributed by atoms with van der Waals surface area (Å²) in [6.45, 7) is 3.96. The van der Waals surface area contributed by atoms with Gasteiger partial charge in [-0.05, 0) is 26.0 Å². The van der Waals surface area contributed by atoms with Gasteiger partial charge in [0.2, 0.25) is 0 Å². The highest BCUT2D eigenvalue weighted by Crippen LogP contribution is 2.17. The number of H-pyrrole nitrogens is 1. The van der Waals surface area contributed by atoms with Gasteiger partial charge in [-0.2, -0.15) is 8.42 Å². The van der Waals surface area contributed by atoms with E-state index in [4.69, 9.17) is 8.92 Å². The van der Waals surface area contributed by atoms with Gasteiger partial charge in [0, 0.05) is 24.8 Å². The Bertz CT molecular complexity index is 1030. The van der Waals surface area contributed by atoms with E-state index in [0.29, 0.717) is 18.7 Å². The van der Waals surface area contributed by atoms with Crippen LogP contribution in [0.15, 0.2) is 44.9 Å². The van der Waals surface area contributed by atoms with E-state index >= 15 is 0 Å². The quantitative estimate of drug-likeness (QED) is 0.686. The molecule has 146 valence electrons. The van der Waals surface area contributed by atoms with Gasteiger partial charge in [-0.1, -0.05) is 17.7 Å². The Morgan fingerprint density at radius 1 is 1.19 bits per heavy atom. The van der Waals surface area contributed by atoms with Crippen molar-refractivity contribution in [3.63, 3.8) is 0 Å². The van der Waals surface area contributed by atoms with Crippen LogP contribution < -0.4 is 16.6 Å². The fourth-order valence-electron chi connectivity index (χ4n) is 2.69. The first-order valence-corrected chi connectivity index (χ1v) is 9.81. The lowest BCUT2D eigenvalue weighted by Gasteiger charge is -2.31. The Morgan fingerprint density at radius 2 is 1.89 bits per heavy atom. The lowest BCUT2D eigenvalue weighted by Crippen LogP contribution is -2.48. The molecule has 1 aliphatic rings. The number of nitrogens with zero attached hydrogens (tertiary/aromatic N) is 1. The maximum atomic E-state index is 12.3. The highest BCUT2D eigenvalue weighted by atomic mass is 32.2. The summed E-state index contributed by atoms with van der Waals surface area (Å²) in [5.41, 5.74) is 0.270. The van der Waals surface area contributed by atoms with Crippen molar-refractivity contribution in [1.82, 2.24) is 14.9 Å². The fraction of sp³-hybridized carbons (Fsp3) is 0.412. The second kappa shape index (κ2) is 7.77. The van der Waals surface area contributed by atoms with Gasteiger partial charge in [0.1, 0.15) is 0 Å². The van der Waals surface area contributed by atoms with E-state index in [-0.39, 0.29) is 11.5 Å². The number of morpholine rings is 1. The van der Waals surface area contributed by atoms with Crippen LogP contribution in [0.25, 0.3) is 0 Å². The van der Waals surface area contributed by atoms with Crippen molar-refractivity contribution in [3.8, 4) is 0 Å². The predicted octanol–water partition coefficient (Wildman–Crippen LogP) is 0.0459. The third-order valence-electron chi connectivity index (χ3n) is 4.22. The number of nitrogens with one attached hydrogen (secondary N) is 2. The topological polar surface area (TPSA) is 119 Å². The zero-order chi connectivity index (χ0) is 19.6. The van der Waals surface area contributed by atoms with E-state index in [2.05, 4.69) is 10.3 Å². The lowest BCUT2D eigenvalue weighted by molar-refractivity contribution is -0.0925.